The van der Waals surface area contributed by atoms with Gasteiger partial charge in [-0.2, -0.15) is 0 Å². The van der Waals surface area contributed by atoms with Crippen LogP contribution in [-0.4, -0.2) is 39.2 Å². The fourth-order valence-electron chi connectivity index (χ4n) is 3.49. The minimum atomic E-state index is 0.125. The summed E-state index contributed by atoms with van der Waals surface area (Å²) in [7, 11) is 0. The van der Waals surface area contributed by atoms with Crippen LogP contribution >= 0.6 is 23.5 Å². The standard InChI is InChI=1S/C20H28N4OS2/c1-26-20-23-22-18(24(20)16-8-5-6-9-16)12-7-14-21-19(25)13-15-27-17-10-3-2-4-11-17/h2-4,10-11,16H,5-9,12-15H2,1H3,(H,21,25). The molecule has 0 saturated heterocycles. The maximum Gasteiger partial charge on any atom is 0.220 e. The Labute approximate surface area is 170 Å². The van der Waals surface area contributed by atoms with Crippen molar-refractivity contribution < 1.29 is 4.79 Å². The Balaban J connectivity index is 1.37. The molecule has 1 amide bonds. The molecule has 2 aromatic rings. The molecular formula is C20H28N4OS2. The normalized spacial score (nSPS) is 14.6. The van der Waals surface area contributed by atoms with Gasteiger partial charge in [0, 0.05) is 36.1 Å². The lowest BCUT2D eigenvalue weighted by molar-refractivity contribution is -0.120. The van der Waals surface area contributed by atoms with Crippen LogP contribution in [0.25, 0.3) is 0 Å². The summed E-state index contributed by atoms with van der Waals surface area (Å²) in [6.07, 6.45) is 9.43. The van der Waals surface area contributed by atoms with Gasteiger partial charge in [0.05, 0.1) is 0 Å². The Bertz CT molecular complexity index is 714. The zero-order valence-electron chi connectivity index (χ0n) is 15.9. The lowest BCUT2D eigenvalue weighted by Gasteiger charge is -2.16. The summed E-state index contributed by atoms with van der Waals surface area (Å²) in [6.45, 7) is 0.695. The zero-order chi connectivity index (χ0) is 18.9. The Morgan fingerprint density at radius 3 is 2.74 bits per heavy atom. The average Bonchev–Trinajstić information content (AvgIpc) is 3.35. The minimum absolute atomic E-state index is 0.125. The monoisotopic (exact) mass is 404 g/mol. The number of rotatable bonds is 10. The molecule has 27 heavy (non-hydrogen) atoms. The van der Waals surface area contributed by atoms with Gasteiger partial charge < -0.3 is 9.88 Å². The number of hydrogen-bond acceptors (Lipinski definition) is 5. The van der Waals surface area contributed by atoms with Gasteiger partial charge in [0.1, 0.15) is 5.82 Å². The molecule has 0 atom stereocenters. The van der Waals surface area contributed by atoms with Gasteiger partial charge in [-0.05, 0) is 37.7 Å². The highest BCUT2D eigenvalue weighted by Crippen LogP contribution is 2.33. The molecule has 7 heteroatoms. The summed E-state index contributed by atoms with van der Waals surface area (Å²) < 4.78 is 2.34. The molecular weight excluding hydrogens is 376 g/mol. The van der Waals surface area contributed by atoms with E-state index in [1.54, 1.807) is 23.5 Å². The lowest BCUT2D eigenvalue weighted by atomic mass is 10.2. The second-order valence-electron chi connectivity index (χ2n) is 6.78. The van der Waals surface area contributed by atoms with E-state index in [2.05, 4.69) is 38.5 Å². The van der Waals surface area contributed by atoms with Gasteiger partial charge in [0.2, 0.25) is 5.91 Å². The molecule has 1 heterocycles. The van der Waals surface area contributed by atoms with E-state index in [4.69, 9.17) is 0 Å². The number of amides is 1. The second-order valence-corrected chi connectivity index (χ2v) is 8.72. The van der Waals surface area contributed by atoms with Crippen LogP contribution in [0.3, 0.4) is 0 Å². The van der Waals surface area contributed by atoms with Crippen LogP contribution in [0.2, 0.25) is 0 Å². The Hall–Kier alpha value is -1.47. The van der Waals surface area contributed by atoms with Gasteiger partial charge in [0.25, 0.3) is 0 Å². The molecule has 0 aliphatic heterocycles. The third-order valence-corrected chi connectivity index (χ3v) is 6.51. The SMILES string of the molecule is CSc1nnc(CCCNC(=O)CCSc2ccccc2)n1C1CCCC1. The van der Waals surface area contributed by atoms with Gasteiger partial charge in [-0.15, -0.1) is 22.0 Å². The first kappa shape index (κ1) is 20.3. The molecule has 1 aromatic carbocycles. The van der Waals surface area contributed by atoms with E-state index in [1.807, 2.05) is 18.2 Å². The maximum absolute atomic E-state index is 12.0. The number of carbonyl (C=O) groups excluding carboxylic acids is 1. The number of nitrogens with zero attached hydrogens (tertiary/aromatic N) is 3. The largest absolute Gasteiger partial charge is 0.356 e. The first-order valence-electron chi connectivity index (χ1n) is 9.70. The van der Waals surface area contributed by atoms with Crippen LogP contribution in [0, 0.1) is 0 Å². The van der Waals surface area contributed by atoms with E-state index in [-0.39, 0.29) is 5.91 Å². The van der Waals surface area contributed by atoms with E-state index < -0.39 is 0 Å². The molecule has 5 nitrogen and oxygen atoms in total. The Kier molecular flexibility index (Phi) is 8.08. The lowest BCUT2D eigenvalue weighted by Crippen LogP contribution is -2.25. The molecule has 0 spiro atoms. The van der Waals surface area contributed by atoms with Gasteiger partial charge >= 0.3 is 0 Å². The van der Waals surface area contributed by atoms with E-state index in [1.165, 1.54) is 30.6 Å². The van der Waals surface area contributed by atoms with Crippen molar-refractivity contribution in [1.29, 1.82) is 0 Å². The van der Waals surface area contributed by atoms with Gasteiger partial charge in [-0.25, -0.2) is 0 Å². The molecule has 1 fully saturated rings. The van der Waals surface area contributed by atoms with E-state index >= 15 is 0 Å². The molecule has 3 rings (SSSR count). The molecule has 1 aliphatic carbocycles. The topological polar surface area (TPSA) is 59.8 Å². The van der Waals surface area contributed by atoms with Crippen molar-refractivity contribution in [3.8, 4) is 0 Å². The molecule has 146 valence electrons. The molecule has 0 bridgehead atoms. The van der Waals surface area contributed by atoms with Crippen LogP contribution in [0.1, 0.15) is 50.4 Å². The zero-order valence-corrected chi connectivity index (χ0v) is 17.5. The summed E-state index contributed by atoms with van der Waals surface area (Å²) in [5.41, 5.74) is 0. The first-order chi connectivity index (χ1) is 13.3. The third-order valence-electron chi connectivity index (χ3n) is 4.85. The van der Waals surface area contributed by atoms with Crippen LogP contribution in [0.15, 0.2) is 40.4 Å². The highest BCUT2D eigenvalue weighted by molar-refractivity contribution is 7.99. The number of hydrogen-bond donors (Lipinski definition) is 1. The van der Waals surface area contributed by atoms with Gasteiger partial charge in [-0.1, -0.05) is 42.8 Å². The predicted molar refractivity (Wildman–Crippen MR) is 112 cm³/mol. The number of aryl methyl sites for hydroxylation is 1. The van der Waals surface area contributed by atoms with E-state index in [0.29, 0.717) is 19.0 Å². The van der Waals surface area contributed by atoms with Crippen LogP contribution < -0.4 is 5.32 Å². The summed E-state index contributed by atoms with van der Waals surface area (Å²) >= 11 is 3.39. The molecule has 0 radical (unpaired) electrons. The van der Waals surface area contributed by atoms with Crippen LogP contribution in [-0.2, 0) is 11.2 Å². The quantitative estimate of drug-likeness (QED) is 0.471. The van der Waals surface area contributed by atoms with Gasteiger partial charge in [-0.3, -0.25) is 4.79 Å². The second kappa shape index (κ2) is 10.8. The average molecular weight is 405 g/mol. The minimum Gasteiger partial charge on any atom is -0.356 e. The maximum atomic E-state index is 12.0. The molecule has 1 N–H and O–H groups in total. The van der Waals surface area contributed by atoms with E-state index in [0.717, 1.165) is 29.6 Å². The number of carbonyl (C=O) groups is 1. The fourth-order valence-corrected chi connectivity index (χ4v) is 4.93. The summed E-state index contributed by atoms with van der Waals surface area (Å²) in [5, 5.41) is 12.8. The smallest absolute Gasteiger partial charge is 0.220 e. The molecule has 0 unspecified atom stereocenters. The highest BCUT2D eigenvalue weighted by Gasteiger charge is 2.23. The number of aromatic nitrogens is 3. The van der Waals surface area contributed by atoms with Gasteiger partial charge in [0.15, 0.2) is 5.16 Å². The van der Waals surface area contributed by atoms with Crippen molar-refractivity contribution in [2.45, 2.75) is 61.0 Å². The Morgan fingerprint density at radius 2 is 2.00 bits per heavy atom. The van der Waals surface area contributed by atoms with Crippen LogP contribution in [0.5, 0.6) is 0 Å². The summed E-state index contributed by atoms with van der Waals surface area (Å²) in [5.74, 6) is 2.00. The predicted octanol–water partition coefficient (Wildman–Crippen LogP) is 4.35. The number of benzene rings is 1. The fraction of sp³-hybridized carbons (Fsp3) is 0.550. The van der Waals surface area contributed by atoms with Crippen molar-refractivity contribution >= 4 is 29.4 Å². The number of nitrogens with one attached hydrogen (secondary N) is 1. The highest BCUT2D eigenvalue weighted by atomic mass is 32.2. The molecule has 1 aliphatic rings. The molecule has 1 aromatic heterocycles. The molecule has 1 saturated carbocycles. The van der Waals surface area contributed by atoms with Crippen molar-refractivity contribution in [3.05, 3.63) is 36.2 Å². The van der Waals surface area contributed by atoms with Crippen molar-refractivity contribution in [3.63, 3.8) is 0 Å². The summed E-state index contributed by atoms with van der Waals surface area (Å²) in [6, 6.07) is 10.8. The third kappa shape index (κ3) is 6.01. The van der Waals surface area contributed by atoms with E-state index in [9.17, 15) is 4.79 Å². The van der Waals surface area contributed by atoms with Crippen molar-refractivity contribution in [2.75, 3.05) is 18.6 Å². The van der Waals surface area contributed by atoms with Crippen LogP contribution in [0.4, 0.5) is 0 Å². The summed E-state index contributed by atoms with van der Waals surface area (Å²) in [4.78, 5) is 13.2. The Morgan fingerprint density at radius 1 is 1.22 bits per heavy atom. The first-order valence-corrected chi connectivity index (χ1v) is 11.9. The van der Waals surface area contributed by atoms with Crippen molar-refractivity contribution in [1.82, 2.24) is 20.1 Å². The number of thioether (sulfide) groups is 2. The van der Waals surface area contributed by atoms with Crippen molar-refractivity contribution in [2.24, 2.45) is 0 Å².